The summed E-state index contributed by atoms with van der Waals surface area (Å²) in [6.07, 6.45) is 5.04. The molecule has 0 bridgehead atoms. The van der Waals surface area contributed by atoms with E-state index >= 15 is 0 Å². The van der Waals surface area contributed by atoms with Crippen LogP contribution in [0.5, 0.6) is 0 Å². The molecule has 2 nitrogen and oxygen atoms in total. The van der Waals surface area contributed by atoms with Crippen molar-refractivity contribution in [2.24, 2.45) is 0 Å². The lowest BCUT2D eigenvalue weighted by molar-refractivity contribution is 0.613. The van der Waals surface area contributed by atoms with Crippen molar-refractivity contribution in [1.82, 2.24) is 10.3 Å². The smallest absolute Gasteiger partial charge is 0.110 e. The van der Waals surface area contributed by atoms with Crippen LogP contribution in [-0.4, -0.2) is 11.5 Å². The van der Waals surface area contributed by atoms with Crippen LogP contribution in [-0.2, 0) is 12.8 Å². The number of hydrogen-bond donors (Lipinski definition) is 1. The van der Waals surface area contributed by atoms with Crippen molar-refractivity contribution in [3.05, 3.63) is 15.6 Å². The lowest BCUT2D eigenvalue weighted by Crippen LogP contribution is -2.18. The molecule has 1 aliphatic rings. The molecule has 1 heterocycles. The number of fused-ring (bicyclic) bond motifs is 1. The van der Waals surface area contributed by atoms with Gasteiger partial charge in [0.1, 0.15) is 5.01 Å². The number of nitrogens with one attached hydrogen (secondary N) is 1. The molecule has 1 N–H and O–H groups in total. The first-order chi connectivity index (χ1) is 7.81. The number of aromatic nitrogens is 1. The maximum atomic E-state index is 4.74. The van der Waals surface area contributed by atoms with Gasteiger partial charge in [-0.1, -0.05) is 5.92 Å². The zero-order valence-corrected chi connectivity index (χ0v) is 10.8. The maximum Gasteiger partial charge on any atom is 0.110 e. The Balaban J connectivity index is 2.02. The van der Waals surface area contributed by atoms with Gasteiger partial charge in [-0.3, -0.25) is 5.32 Å². The Labute approximate surface area is 101 Å². The van der Waals surface area contributed by atoms with Gasteiger partial charge in [0, 0.05) is 4.88 Å². The van der Waals surface area contributed by atoms with Crippen molar-refractivity contribution >= 4 is 11.3 Å². The van der Waals surface area contributed by atoms with Gasteiger partial charge in [-0.25, -0.2) is 4.98 Å². The summed E-state index contributed by atoms with van der Waals surface area (Å²) in [6.45, 7) is 4.79. The number of hydrogen-bond acceptors (Lipinski definition) is 3. The molecule has 0 radical (unpaired) electrons. The van der Waals surface area contributed by atoms with Gasteiger partial charge in [-0.2, -0.15) is 0 Å². The quantitative estimate of drug-likeness (QED) is 0.813. The van der Waals surface area contributed by atoms with Gasteiger partial charge in [0.25, 0.3) is 0 Å². The van der Waals surface area contributed by atoms with E-state index < -0.39 is 0 Å². The van der Waals surface area contributed by atoms with Crippen LogP contribution in [0.25, 0.3) is 0 Å². The van der Waals surface area contributed by atoms with Gasteiger partial charge in [0.05, 0.1) is 18.3 Å². The second-order valence-electron chi connectivity index (χ2n) is 4.16. The van der Waals surface area contributed by atoms with E-state index in [2.05, 4.69) is 24.1 Å². The minimum atomic E-state index is 0.330. The molecule has 2 rings (SSSR count). The Hall–Kier alpha value is -0.850. The SMILES string of the molecule is CC#CCNC(C)c1nc2c(s1)CCCC2. The Morgan fingerprint density at radius 1 is 1.44 bits per heavy atom. The summed E-state index contributed by atoms with van der Waals surface area (Å²) in [7, 11) is 0. The predicted molar refractivity (Wildman–Crippen MR) is 68.6 cm³/mol. The van der Waals surface area contributed by atoms with Gasteiger partial charge >= 0.3 is 0 Å². The second-order valence-corrected chi connectivity index (χ2v) is 5.27. The van der Waals surface area contributed by atoms with Crippen LogP contribution in [0.3, 0.4) is 0 Å². The Kier molecular flexibility index (Phi) is 3.98. The van der Waals surface area contributed by atoms with Gasteiger partial charge in [-0.15, -0.1) is 17.3 Å². The van der Waals surface area contributed by atoms with Gasteiger partial charge < -0.3 is 0 Å². The van der Waals surface area contributed by atoms with E-state index in [-0.39, 0.29) is 0 Å². The minimum Gasteiger partial charge on any atom is -0.297 e. The summed E-state index contributed by atoms with van der Waals surface area (Å²) in [4.78, 5) is 6.25. The normalized spacial score (nSPS) is 16.1. The third-order valence-corrected chi connectivity index (χ3v) is 4.25. The number of thiazole rings is 1. The first kappa shape index (κ1) is 11.6. The maximum absolute atomic E-state index is 4.74. The molecule has 0 fully saturated rings. The lowest BCUT2D eigenvalue weighted by Gasteiger charge is -2.07. The summed E-state index contributed by atoms with van der Waals surface area (Å²) in [5.41, 5.74) is 1.35. The van der Waals surface area contributed by atoms with Crippen LogP contribution in [0, 0.1) is 11.8 Å². The first-order valence-electron chi connectivity index (χ1n) is 5.92. The molecule has 0 aromatic carbocycles. The van der Waals surface area contributed by atoms with Crippen LogP contribution in [0.15, 0.2) is 0 Å². The van der Waals surface area contributed by atoms with Gasteiger partial charge in [0.2, 0.25) is 0 Å². The average molecular weight is 234 g/mol. The molecule has 1 aliphatic carbocycles. The van der Waals surface area contributed by atoms with Crippen LogP contribution in [0.2, 0.25) is 0 Å². The first-order valence-corrected chi connectivity index (χ1v) is 6.74. The highest BCUT2D eigenvalue weighted by Gasteiger charge is 2.17. The van der Waals surface area contributed by atoms with Crippen molar-refractivity contribution in [3.8, 4) is 11.8 Å². The largest absolute Gasteiger partial charge is 0.297 e. The molecule has 86 valence electrons. The lowest BCUT2D eigenvalue weighted by atomic mass is 10.0. The minimum absolute atomic E-state index is 0.330. The van der Waals surface area contributed by atoms with E-state index in [0.717, 1.165) is 6.54 Å². The van der Waals surface area contributed by atoms with Crippen LogP contribution >= 0.6 is 11.3 Å². The molecule has 1 unspecified atom stereocenters. The van der Waals surface area contributed by atoms with Crippen molar-refractivity contribution in [1.29, 1.82) is 0 Å². The molecule has 0 saturated carbocycles. The molecule has 0 spiro atoms. The molecule has 0 aliphatic heterocycles. The molecule has 0 amide bonds. The zero-order chi connectivity index (χ0) is 11.4. The Morgan fingerprint density at radius 2 is 2.25 bits per heavy atom. The van der Waals surface area contributed by atoms with Crippen LogP contribution in [0.1, 0.15) is 48.3 Å². The monoisotopic (exact) mass is 234 g/mol. The van der Waals surface area contributed by atoms with Gasteiger partial charge in [0.15, 0.2) is 0 Å². The van der Waals surface area contributed by atoms with E-state index in [4.69, 9.17) is 4.98 Å². The van der Waals surface area contributed by atoms with E-state index in [9.17, 15) is 0 Å². The fourth-order valence-corrected chi connectivity index (χ4v) is 3.12. The molecule has 16 heavy (non-hydrogen) atoms. The fourth-order valence-electron chi connectivity index (χ4n) is 1.94. The van der Waals surface area contributed by atoms with E-state index in [1.807, 2.05) is 18.3 Å². The van der Waals surface area contributed by atoms with E-state index in [1.165, 1.54) is 41.3 Å². The molecular formula is C13H18N2S. The summed E-state index contributed by atoms with van der Waals surface area (Å²) < 4.78 is 0. The molecular weight excluding hydrogens is 216 g/mol. The number of aryl methyl sites for hydroxylation is 2. The topological polar surface area (TPSA) is 24.9 Å². The van der Waals surface area contributed by atoms with Crippen molar-refractivity contribution in [3.63, 3.8) is 0 Å². The number of nitrogens with zero attached hydrogens (tertiary/aromatic N) is 1. The fraction of sp³-hybridized carbons (Fsp3) is 0.615. The molecule has 1 aromatic heterocycles. The van der Waals surface area contributed by atoms with Crippen molar-refractivity contribution < 1.29 is 0 Å². The summed E-state index contributed by atoms with van der Waals surface area (Å²) in [5, 5.41) is 4.61. The standard InChI is InChI=1S/C13H18N2S/c1-3-4-9-14-10(2)13-15-11-7-5-6-8-12(11)16-13/h10,14H,5-9H2,1-2H3. The summed E-state index contributed by atoms with van der Waals surface area (Å²) >= 11 is 1.88. The molecule has 1 aromatic rings. The third-order valence-electron chi connectivity index (χ3n) is 2.91. The third kappa shape index (κ3) is 2.63. The zero-order valence-electron chi connectivity index (χ0n) is 9.97. The Morgan fingerprint density at radius 3 is 3.00 bits per heavy atom. The Bertz CT molecular complexity index is 388. The molecule has 3 heteroatoms. The number of rotatable bonds is 3. The summed E-state index contributed by atoms with van der Waals surface area (Å²) in [5.74, 6) is 5.92. The van der Waals surface area contributed by atoms with Crippen molar-refractivity contribution in [2.45, 2.75) is 45.6 Å². The summed E-state index contributed by atoms with van der Waals surface area (Å²) in [6, 6.07) is 0.330. The van der Waals surface area contributed by atoms with Gasteiger partial charge in [-0.05, 0) is 39.5 Å². The highest BCUT2D eigenvalue weighted by molar-refractivity contribution is 7.11. The molecule has 0 saturated heterocycles. The van der Waals surface area contributed by atoms with E-state index in [0.29, 0.717) is 6.04 Å². The molecule has 1 atom stereocenters. The highest BCUT2D eigenvalue weighted by Crippen LogP contribution is 2.29. The van der Waals surface area contributed by atoms with E-state index in [1.54, 1.807) is 0 Å². The van der Waals surface area contributed by atoms with Crippen molar-refractivity contribution in [2.75, 3.05) is 6.54 Å². The highest BCUT2D eigenvalue weighted by atomic mass is 32.1. The van der Waals surface area contributed by atoms with Crippen LogP contribution < -0.4 is 5.32 Å². The second kappa shape index (κ2) is 5.47. The van der Waals surface area contributed by atoms with Crippen LogP contribution in [0.4, 0.5) is 0 Å². The predicted octanol–water partition coefficient (Wildman–Crippen LogP) is 2.70. The average Bonchev–Trinajstić information content (AvgIpc) is 2.73.